The number of aromatic nitrogens is 2. The highest BCUT2D eigenvalue weighted by molar-refractivity contribution is 5.97. The predicted molar refractivity (Wildman–Crippen MR) is 102 cm³/mol. The Morgan fingerprint density at radius 2 is 1.85 bits per heavy atom. The molecule has 2 amide bonds. The van der Waals surface area contributed by atoms with Gasteiger partial charge in [0.05, 0.1) is 5.56 Å². The molecule has 1 heterocycles. The third kappa shape index (κ3) is 3.44. The van der Waals surface area contributed by atoms with Gasteiger partial charge in [-0.25, -0.2) is 4.98 Å². The molecule has 0 aliphatic heterocycles. The van der Waals surface area contributed by atoms with Crippen LogP contribution in [0.1, 0.15) is 55.3 Å². The zero-order valence-electron chi connectivity index (χ0n) is 16.0. The van der Waals surface area contributed by atoms with Crippen LogP contribution in [0.4, 0.5) is 11.8 Å². The zero-order valence-corrected chi connectivity index (χ0v) is 16.0. The second kappa shape index (κ2) is 6.65. The molecule has 1 aromatic heterocycles. The fraction of sp³-hybridized carbons (Fsp3) is 0.684. The van der Waals surface area contributed by atoms with Crippen LogP contribution in [-0.4, -0.2) is 52.4 Å². The summed E-state index contributed by atoms with van der Waals surface area (Å²) in [5.74, 6) is 1.68. The fourth-order valence-corrected chi connectivity index (χ4v) is 4.64. The lowest BCUT2D eigenvalue weighted by Gasteiger charge is -2.62. The second-order valence-electron chi connectivity index (χ2n) is 8.63. The summed E-state index contributed by atoms with van der Waals surface area (Å²) >= 11 is 0. The summed E-state index contributed by atoms with van der Waals surface area (Å²) in [7, 11) is 3.61. The lowest BCUT2D eigenvalue weighted by atomic mass is 9.50. The number of nitrogens with two attached hydrogens (primary N) is 1. The molecule has 27 heavy (non-hydrogen) atoms. The molecule has 2 bridgehead atoms. The van der Waals surface area contributed by atoms with Crippen LogP contribution in [0.5, 0.6) is 0 Å². The van der Waals surface area contributed by atoms with Crippen molar-refractivity contribution < 1.29 is 9.59 Å². The third-order valence-electron chi connectivity index (χ3n) is 6.33. The van der Waals surface area contributed by atoms with E-state index in [-0.39, 0.29) is 23.4 Å². The third-order valence-corrected chi connectivity index (χ3v) is 6.33. The van der Waals surface area contributed by atoms with Crippen molar-refractivity contribution in [2.24, 2.45) is 17.6 Å². The van der Waals surface area contributed by atoms with Gasteiger partial charge in [0.1, 0.15) is 5.82 Å². The Kier molecular flexibility index (Phi) is 4.44. The largest absolute Gasteiger partial charge is 0.365 e. The first kappa shape index (κ1) is 18.0. The molecule has 0 aromatic carbocycles. The Morgan fingerprint density at radius 1 is 1.19 bits per heavy atom. The van der Waals surface area contributed by atoms with Crippen molar-refractivity contribution in [2.45, 2.75) is 56.5 Å². The summed E-state index contributed by atoms with van der Waals surface area (Å²) in [5, 5.41) is 6.81. The van der Waals surface area contributed by atoms with Gasteiger partial charge in [-0.05, 0) is 50.9 Å². The normalized spacial score (nSPS) is 31.3. The van der Waals surface area contributed by atoms with Gasteiger partial charge >= 0.3 is 0 Å². The maximum Gasteiger partial charge on any atom is 0.254 e. The van der Waals surface area contributed by atoms with Crippen molar-refractivity contribution in [1.29, 1.82) is 0 Å². The van der Waals surface area contributed by atoms with E-state index in [4.69, 9.17) is 5.73 Å². The maximum atomic E-state index is 12.1. The smallest absolute Gasteiger partial charge is 0.254 e. The summed E-state index contributed by atoms with van der Waals surface area (Å²) in [6, 6.07) is 0.235. The van der Waals surface area contributed by atoms with Gasteiger partial charge in [0.25, 0.3) is 5.91 Å². The fourth-order valence-electron chi connectivity index (χ4n) is 4.64. The number of amides is 2. The first-order valence-electron chi connectivity index (χ1n) is 9.78. The van der Waals surface area contributed by atoms with E-state index in [9.17, 15) is 9.59 Å². The van der Waals surface area contributed by atoms with E-state index in [0.29, 0.717) is 17.3 Å². The van der Waals surface area contributed by atoms with Crippen LogP contribution in [0, 0.1) is 11.8 Å². The SMILES string of the molecule is CN(C)C(=O)C1CCC(Nc2ncc(C(N)=O)c(NC34CC(C3)C4)n2)CC1. The van der Waals surface area contributed by atoms with Crippen molar-refractivity contribution in [1.82, 2.24) is 14.9 Å². The predicted octanol–water partition coefficient (Wildman–Crippen LogP) is 1.60. The summed E-state index contributed by atoms with van der Waals surface area (Å²) in [4.78, 5) is 34.3. The molecule has 0 spiro atoms. The first-order valence-corrected chi connectivity index (χ1v) is 9.78. The molecule has 0 saturated heterocycles. The molecule has 5 rings (SSSR count). The van der Waals surface area contributed by atoms with Gasteiger partial charge in [-0.3, -0.25) is 9.59 Å². The Labute approximate surface area is 159 Å². The molecule has 4 fully saturated rings. The summed E-state index contributed by atoms with van der Waals surface area (Å²) in [6.45, 7) is 0. The van der Waals surface area contributed by atoms with Gasteiger partial charge in [-0.1, -0.05) is 0 Å². The molecule has 8 nitrogen and oxygen atoms in total. The van der Waals surface area contributed by atoms with Crippen LogP contribution in [-0.2, 0) is 4.79 Å². The molecule has 1 aromatic rings. The number of nitrogens with one attached hydrogen (secondary N) is 2. The number of carbonyl (C=O) groups is 2. The molecule has 8 heteroatoms. The minimum atomic E-state index is -0.515. The van der Waals surface area contributed by atoms with Crippen LogP contribution in [0.2, 0.25) is 0 Å². The minimum absolute atomic E-state index is 0.102. The lowest BCUT2D eigenvalue weighted by Crippen LogP contribution is -2.63. The average Bonchev–Trinajstić information content (AvgIpc) is 2.57. The number of carbonyl (C=O) groups excluding carboxylic acids is 2. The van der Waals surface area contributed by atoms with Crippen LogP contribution >= 0.6 is 0 Å². The van der Waals surface area contributed by atoms with Crippen LogP contribution in [0.25, 0.3) is 0 Å². The molecule has 4 saturated carbocycles. The molecule has 4 aliphatic rings. The van der Waals surface area contributed by atoms with Crippen molar-refractivity contribution >= 4 is 23.6 Å². The van der Waals surface area contributed by atoms with E-state index < -0.39 is 5.91 Å². The monoisotopic (exact) mass is 372 g/mol. The van der Waals surface area contributed by atoms with E-state index in [1.807, 2.05) is 0 Å². The van der Waals surface area contributed by atoms with Gasteiger partial charge < -0.3 is 21.3 Å². The van der Waals surface area contributed by atoms with Crippen LogP contribution in [0.15, 0.2) is 6.20 Å². The van der Waals surface area contributed by atoms with Crippen LogP contribution < -0.4 is 16.4 Å². The maximum absolute atomic E-state index is 12.1. The Morgan fingerprint density at radius 3 is 2.37 bits per heavy atom. The summed E-state index contributed by atoms with van der Waals surface area (Å²) < 4.78 is 0. The summed E-state index contributed by atoms with van der Waals surface area (Å²) in [5.41, 5.74) is 5.93. The molecule has 4 aliphatic carbocycles. The molecular formula is C19H28N6O2. The van der Waals surface area contributed by atoms with Crippen molar-refractivity contribution in [3.05, 3.63) is 11.8 Å². The van der Waals surface area contributed by atoms with Crippen molar-refractivity contribution in [3.8, 4) is 0 Å². The highest BCUT2D eigenvalue weighted by atomic mass is 16.2. The Bertz CT molecular complexity index is 740. The van der Waals surface area contributed by atoms with Crippen molar-refractivity contribution in [3.63, 3.8) is 0 Å². The van der Waals surface area contributed by atoms with E-state index in [1.54, 1.807) is 19.0 Å². The molecule has 0 radical (unpaired) electrons. The molecule has 0 atom stereocenters. The molecular weight excluding hydrogens is 344 g/mol. The second-order valence-corrected chi connectivity index (χ2v) is 8.63. The number of hydrogen-bond acceptors (Lipinski definition) is 6. The van der Waals surface area contributed by atoms with Gasteiger partial charge in [-0.15, -0.1) is 0 Å². The van der Waals surface area contributed by atoms with E-state index >= 15 is 0 Å². The topological polar surface area (TPSA) is 113 Å². The van der Waals surface area contributed by atoms with E-state index in [2.05, 4.69) is 20.6 Å². The highest BCUT2D eigenvalue weighted by Gasteiger charge is 2.57. The number of rotatable bonds is 6. The Balaban J connectivity index is 1.40. The highest BCUT2D eigenvalue weighted by Crippen LogP contribution is 2.58. The Hall–Kier alpha value is -2.38. The quantitative estimate of drug-likeness (QED) is 0.699. The number of primary amides is 1. The lowest BCUT2D eigenvalue weighted by molar-refractivity contribution is -0.133. The number of hydrogen-bond donors (Lipinski definition) is 3. The van der Waals surface area contributed by atoms with Crippen LogP contribution in [0.3, 0.4) is 0 Å². The minimum Gasteiger partial charge on any atom is -0.365 e. The first-order chi connectivity index (χ1) is 12.8. The molecule has 146 valence electrons. The van der Waals surface area contributed by atoms with E-state index in [0.717, 1.165) is 50.9 Å². The standard InChI is InChI=1S/C19H28N6O2/c1-25(2)17(27)12-3-5-13(6-4-12)22-18-21-10-14(15(20)26)16(23-18)24-19-7-11(8-19)9-19/h10-13H,3-9H2,1-2H3,(H2,20,26)(H2,21,22,23,24). The van der Waals surface area contributed by atoms with Crippen molar-refractivity contribution in [2.75, 3.05) is 24.7 Å². The molecule has 4 N–H and O–H groups in total. The zero-order chi connectivity index (χ0) is 19.2. The average molecular weight is 372 g/mol. The van der Waals surface area contributed by atoms with Gasteiger partial charge in [-0.2, -0.15) is 4.98 Å². The number of anilines is 2. The number of nitrogens with zero attached hydrogens (tertiary/aromatic N) is 3. The summed E-state index contributed by atoms with van der Waals surface area (Å²) in [6.07, 6.45) is 8.46. The van der Waals surface area contributed by atoms with E-state index in [1.165, 1.54) is 6.20 Å². The van der Waals surface area contributed by atoms with Gasteiger partial charge in [0, 0.05) is 37.8 Å². The van der Waals surface area contributed by atoms with Gasteiger partial charge in [0.2, 0.25) is 11.9 Å². The van der Waals surface area contributed by atoms with Gasteiger partial charge in [0.15, 0.2) is 0 Å². The molecule has 0 unspecified atom stereocenters.